The minimum atomic E-state index is -0.0269. The van der Waals surface area contributed by atoms with Crippen molar-refractivity contribution in [3.05, 3.63) is 53.1 Å². The topological polar surface area (TPSA) is 0 Å². The van der Waals surface area contributed by atoms with Crippen molar-refractivity contribution in [2.45, 2.75) is 16.1 Å². The third kappa shape index (κ3) is 1.64. The summed E-state index contributed by atoms with van der Waals surface area (Å²) in [6.07, 6.45) is 6.57. The average Bonchev–Trinajstić information content (AvgIpc) is 2.52. The number of alkyl halides is 2. The molecule has 0 unspecified atom stereocenters. The molecule has 76 valence electrons. The molecule has 0 aromatic heterocycles. The molecule has 2 aliphatic carbocycles. The van der Waals surface area contributed by atoms with Crippen LogP contribution >= 0.6 is 31.9 Å². The summed E-state index contributed by atoms with van der Waals surface area (Å²) in [6.45, 7) is 0. The molecule has 2 heteroatoms. The molecule has 1 aromatic rings. The molecule has 0 saturated heterocycles. The summed E-state index contributed by atoms with van der Waals surface area (Å²) in [4.78, 5) is 0. The number of hydrogen-bond donors (Lipinski definition) is 0. The lowest BCUT2D eigenvalue weighted by Crippen LogP contribution is -2.11. The molecule has 15 heavy (non-hydrogen) atoms. The number of hydrogen-bond acceptors (Lipinski definition) is 0. The summed E-state index contributed by atoms with van der Waals surface area (Å²) in [5, 5.41) is 0. The molecule has 3 rings (SSSR count). The second-order valence-electron chi connectivity index (χ2n) is 4.12. The van der Waals surface area contributed by atoms with Crippen molar-refractivity contribution in [2.75, 3.05) is 0 Å². The van der Waals surface area contributed by atoms with E-state index >= 15 is 0 Å². The van der Waals surface area contributed by atoms with Gasteiger partial charge in [-0.3, -0.25) is 0 Å². The Kier molecular flexibility index (Phi) is 2.18. The van der Waals surface area contributed by atoms with Crippen molar-refractivity contribution >= 4 is 37.4 Å². The Morgan fingerprint density at radius 3 is 2.80 bits per heavy atom. The average molecular weight is 326 g/mol. The summed E-state index contributed by atoms with van der Waals surface area (Å²) in [7, 11) is 0. The Hall–Kier alpha value is -0.340. The number of halogens is 2. The van der Waals surface area contributed by atoms with Gasteiger partial charge in [0.15, 0.2) is 0 Å². The van der Waals surface area contributed by atoms with E-state index < -0.39 is 0 Å². The minimum Gasteiger partial charge on any atom is -0.0677 e. The summed E-state index contributed by atoms with van der Waals surface area (Å²) in [5.41, 5.74) is 5.84. The first-order chi connectivity index (χ1) is 7.16. The Labute approximate surface area is 106 Å². The van der Waals surface area contributed by atoms with Crippen LogP contribution in [0.25, 0.3) is 5.57 Å². The summed E-state index contributed by atoms with van der Waals surface area (Å²) < 4.78 is -0.0269. The maximum absolute atomic E-state index is 3.67. The summed E-state index contributed by atoms with van der Waals surface area (Å²) in [5.74, 6) is 0. The van der Waals surface area contributed by atoms with E-state index in [2.05, 4.69) is 68.3 Å². The zero-order valence-electron chi connectivity index (χ0n) is 8.13. The molecule has 0 spiro atoms. The molecular formula is C13H10Br2. The fraction of sp³-hybridized carbons (Fsp3) is 0.231. The van der Waals surface area contributed by atoms with Gasteiger partial charge in [0.05, 0.1) is 0 Å². The molecule has 0 heterocycles. The lowest BCUT2D eigenvalue weighted by atomic mass is 9.98. The highest BCUT2D eigenvalue weighted by atomic mass is 79.9. The van der Waals surface area contributed by atoms with Gasteiger partial charge in [-0.2, -0.15) is 0 Å². The molecule has 0 fully saturated rings. The Morgan fingerprint density at radius 2 is 1.93 bits per heavy atom. The van der Waals surface area contributed by atoms with Crippen LogP contribution in [0.3, 0.4) is 0 Å². The van der Waals surface area contributed by atoms with Crippen LogP contribution in [0.2, 0.25) is 0 Å². The Morgan fingerprint density at radius 1 is 1.13 bits per heavy atom. The molecule has 0 saturated carbocycles. The van der Waals surface area contributed by atoms with Gasteiger partial charge in [0, 0.05) is 0 Å². The first kappa shape index (κ1) is 9.86. The van der Waals surface area contributed by atoms with E-state index in [-0.39, 0.29) is 3.23 Å². The van der Waals surface area contributed by atoms with Crippen LogP contribution in [0.1, 0.15) is 17.5 Å². The predicted molar refractivity (Wildman–Crippen MR) is 71.4 cm³/mol. The van der Waals surface area contributed by atoms with Gasteiger partial charge >= 0.3 is 0 Å². The fourth-order valence-corrected chi connectivity index (χ4v) is 3.31. The van der Waals surface area contributed by atoms with Gasteiger partial charge in [0.1, 0.15) is 3.23 Å². The van der Waals surface area contributed by atoms with Crippen molar-refractivity contribution < 1.29 is 0 Å². The molecule has 0 atom stereocenters. The van der Waals surface area contributed by atoms with Crippen LogP contribution in [0.5, 0.6) is 0 Å². The number of rotatable bonds is 0. The van der Waals surface area contributed by atoms with Gasteiger partial charge in [-0.05, 0) is 29.5 Å². The number of benzene rings is 1. The zero-order chi connectivity index (χ0) is 10.5. The number of allylic oxidation sites excluding steroid dienone is 4. The van der Waals surface area contributed by atoms with Crippen molar-refractivity contribution in [1.82, 2.24) is 0 Å². The van der Waals surface area contributed by atoms with Crippen molar-refractivity contribution in [3.63, 3.8) is 0 Å². The maximum atomic E-state index is 3.67. The molecule has 0 nitrogen and oxygen atoms in total. The van der Waals surface area contributed by atoms with E-state index in [0.717, 1.165) is 12.8 Å². The molecule has 0 amide bonds. The lowest BCUT2D eigenvalue weighted by Gasteiger charge is -2.21. The van der Waals surface area contributed by atoms with E-state index in [4.69, 9.17) is 0 Å². The molecule has 0 aliphatic heterocycles. The van der Waals surface area contributed by atoms with Gasteiger partial charge in [0.25, 0.3) is 0 Å². The second kappa shape index (κ2) is 3.33. The standard InChI is InChI=1S/C13H10Br2/c14-13(15)6-5-12-10(8-13)7-9-3-1-2-4-11(9)12/h1-6H,7-8H2. The lowest BCUT2D eigenvalue weighted by molar-refractivity contribution is 0.929. The van der Waals surface area contributed by atoms with Crippen LogP contribution in [0.15, 0.2) is 42.0 Å². The zero-order valence-corrected chi connectivity index (χ0v) is 11.3. The van der Waals surface area contributed by atoms with Crippen LogP contribution < -0.4 is 0 Å². The van der Waals surface area contributed by atoms with Gasteiger partial charge < -0.3 is 0 Å². The van der Waals surface area contributed by atoms with Gasteiger partial charge in [-0.1, -0.05) is 73.9 Å². The Balaban J connectivity index is 2.08. The molecule has 0 radical (unpaired) electrons. The third-order valence-electron chi connectivity index (χ3n) is 3.04. The molecule has 0 bridgehead atoms. The highest BCUT2D eigenvalue weighted by Crippen LogP contribution is 2.46. The smallest absolute Gasteiger partial charge is 0.0677 e. The van der Waals surface area contributed by atoms with Crippen LogP contribution in [-0.2, 0) is 6.42 Å². The highest BCUT2D eigenvalue weighted by Gasteiger charge is 2.30. The third-order valence-corrected chi connectivity index (χ3v) is 4.12. The van der Waals surface area contributed by atoms with Crippen molar-refractivity contribution in [3.8, 4) is 0 Å². The summed E-state index contributed by atoms with van der Waals surface area (Å²) >= 11 is 7.34. The monoisotopic (exact) mass is 324 g/mol. The van der Waals surface area contributed by atoms with E-state index in [0.29, 0.717) is 0 Å². The molecule has 0 N–H and O–H groups in total. The van der Waals surface area contributed by atoms with Crippen LogP contribution in [0, 0.1) is 0 Å². The van der Waals surface area contributed by atoms with Crippen molar-refractivity contribution in [1.29, 1.82) is 0 Å². The van der Waals surface area contributed by atoms with Crippen LogP contribution in [-0.4, -0.2) is 3.23 Å². The van der Waals surface area contributed by atoms with E-state index in [9.17, 15) is 0 Å². The first-order valence-electron chi connectivity index (χ1n) is 5.03. The maximum Gasteiger partial charge on any atom is 0.102 e. The summed E-state index contributed by atoms with van der Waals surface area (Å²) in [6, 6.07) is 8.69. The van der Waals surface area contributed by atoms with Crippen LogP contribution in [0.4, 0.5) is 0 Å². The van der Waals surface area contributed by atoms with E-state index in [1.54, 1.807) is 0 Å². The van der Waals surface area contributed by atoms with Gasteiger partial charge in [-0.25, -0.2) is 0 Å². The highest BCUT2D eigenvalue weighted by molar-refractivity contribution is 9.25. The molecule has 2 aliphatic rings. The van der Waals surface area contributed by atoms with E-state index in [1.807, 2.05) is 0 Å². The number of fused-ring (bicyclic) bond motifs is 2. The SMILES string of the molecule is BrC1(Br)C=CC2=C(Cc3ccccc32)C1. The normalized spacial score (nSPS) is 21.5. The Bertz CT molecular complexity index is 481. The second-order valence-corrected chi connectivity index (χ2v) is 8.02. The van der Waals surface area contributed by atoms with Gasteiger partial charge in [-0.15, -0.1) is 0 Å². The molecule has 1 aromatic carbocycles. The quantitative estimate of drug-likeness (QED) is 0.618. The van der Waals surface area contributed by atoms with Gasteiger partial charge in [0.2, 0.25) is 0 Å². The minimum absolute atomic E-state index is 0.0269. The van der Waals surface area contributed by atoms with Crippen molar-refractivity contribution in [2.24, 2.45) is 0 Å². The largest absolute Gasteiger partial charge is 0.102 e. The first-order valence-corrected chi connectivity index (χ1v) is 6.62. The molecular weight excluding hydrogens is 316 g/mol. The van der Waals surface area contributed by atoms with E-state index in [1.165, 1.54) is 22.3 Å². The fourth-order valence-electron chi connectivity index (χ4n) is 2.37. The predicted octanol–water partition coefficient (Wildman–Crippen LogP) is 4.44.